The molecule has 0 aliphatic carbocycles. The molecular weight excluding hydrogens is 272 g/mol. The number of benzene rings is 1. The Bertz CT molecular complexity index is 628. The van der Waals surface area contributed by atoms with Crippen molar-refractivity contribution in [3.05, 3.63) is 45.2 Å². The molecule has 2 rings (SSSR count). The molecule has 6 heteroatoms. The summed E-state index contributed by atoms with van der Waals surface area (Å²) in [6.45, 7) is 0. The lowest BCUT2D eigenvalue weighted by Crippen LogP contribution is -2.13. The third-order valence-corrected chi connectivity index (χ3v) is 3.06. The molecule has 18 heavy (non-hydrogen) atoms. The zero-order valence-corrected chi connectivity index (χ0v) is 11.3. The van der Waals surface area contributed by atoms with Crippen LogP contribution in [-0.2, 0) is 5.75 Å². The second-order valence-corrected chi connectivity index (χ2v) is 4.36. The third kappa shape index (κ3) is 2.52. The molecule has 1 heterocycles. The van der Waals surface area contributed by atoms with Crippen LogP contribution in [0.15, 0.2) is 29.1 Å². The number of ether oxygens (including phenoxy) is 1. The molecule has 0 saturated carbocycles. The van der Waals surface area contributed by atoms with E-state index >= 15 is 0 Å². The smallest absolute Gasteiger partial charge is 0.268 e. The van der Waals surface area contributed by atoms with Gasteiger partial charge in [0.05, 0.1) is 12.8 Å². The number of hydrogen-bond donors (Lipinski definition) is 2. The second kappa shape index (κ2) is 5.46. The van der Waals surface area contributed by atoms with Gasteiger partial charge < -0.3 is 4.74 Å². The van der Waals surface area contributed by atoms with E-state index in [2.05, 4.69) is 22.8 Å². The van der Waals surface area contributed by atoms with Crippen LogP contribution in [0.5, 0.6) is 5.75 Å². The van der Waals surface area contributed by atoms with E-state index in [1.807, 2.05) is 0 Å². The van der Waals surface area contributed by atoms with E-state index in [4.69, 9.17) is 16.3 Å². The maximum absolute atomic E-state index is 11.4. The van der Waals surface area contributed by atoms with Crippen molar-refractivity contribution in [3.8, 4) is 17.0 Å². The molecule has 0 aliphatic heterocycles. The maximum Gasteiger partial charge on any atom is 0.268 e. The van der Waals surface area contributed by atoms with E-state index in [1.54, 1.807) is 31.4 Å². The maximum atomic E-state index is 11.4. The van der Waals surface area contributed by atoms with Gasteiger partial charge in [-0.2, -0.15) is 17.7 Å². The standard InChI is InChI=1S/C12H11ClN2O2S/c1-17-11-3-2-8(13)5-9(11)10-4-7(6-18)12(16)15-14-10/h2-5,18H,6H2,1H3,(H,15,16). The Balaban J connectivity index is 2.61. The molecule has 94 valence electrons. The highest BCUT2D eigenvalue weighted by atomic mass is 35.5. The van der Waals surface area contributed by atoms with Crippen molar-refractivity contribution in [2.24, 2.45) is 0 Å². The molecule has 0 aliphatic rings. The minimum atomic E-state index is -0.241. The lowest BCUT2D eigenvalue weighted by atomic mass is 10.1. The number of aromatic amines is 1. The van der Waals surface area contributed by atoms with E-state index in [9.17, 15) is 4.79 Å². The molecule has 0 atom stereocenters. The van der Waals surface area contributed by atoms with Crippen LogP contribution in [0.25, 0.3) is 11.3 Å². The highest BCUT2D eigenvalue weighted by Crippen LogP contribution is 2.30. The molecule has 0 amide bonds. The second-order valence-electron chi connectivity index (χ2n) is 3.61. The molecule has 0 bridgehead atoms. The first-order chi connectivity index (χ1) is 8.65. The van der Waals surface area contributed by atoms with Crippen molar-refractivity contribution in [1.82, 2.24) is 10.2 Å². The monoisotopic (exact) mass is 282 g/mol. The fourth-order valence-electron chi connectivity index (χ4n) is 1.58. The van der Waals surface area contributed by atoms with Gasteiger partial charge in [-0.15, -0.1) is 0 Å². The lowest BCUT2D eigenvalue weighted by molar-refractivity contribution is 0.416. The van der Waals surface area contributed by atoms with Crippen LogP contribution in [0.4, 0.5) is 0 Å². The van der Waals surface area contributed by atoms with Crippen molar-refractivity contribution >= 4 is 24.2 Å². The fraction of sp³-hybridized carbons (Fsp3) is 0.167. The van der Waals surface area contributed by atoms with Gasteiger partial charge in [0.2, 0.25) is 0 Å². The number of thiol groups is 1. The zero-order chi connectivity index (χ0) is 13.1. The minimum Gasteiger partial charge on any atom is -0.496 e. The summed E-state index contributed by atoms with van der Waals surface area (Å²) in [6, 6.07) is 6.91. The molecule has 1 N–H and O–H groups in total. The van der Waals surface area contributed by atoms with Gasteiger partial charge in [0, 0.05) is 21.9 Å². The van der Waals surface area contributed by atoms with Crippen LogP contribution in [-0.4, -0.2) is 17.3 Å². The van der Waals surface area contributed by atoms with Gasteiger partial charge in [-0.3, -0.25) is 4.79 Å². The Hall–Kier alpha value is -1.46. The summed E-state index contributed by atoms with van der Waals surface area (Å²) < 4.78 is 5.25. The van der Waals surface area contributed by atoms with E-state index in [1.165, 1.54) is 0 Å². The summed E-state index contributed by atoms with van der Waals surface area (Å²) in [5, 5.41) is 7.01. The van der Waals surface area contributed by atoms with Crippen molar-refractivity contribution in [2.75, 3.05) is 7.11 Å². The fourth-order valence-corrected chi connectivity index (χ4v) is 1.99. The van der Waals surface area contributed by atoms with Gasteiger partial charge in [0.1, 0.15) is 5.75 Å². The first-order valence-corrected chi connectivity index (χ1v) is 6.20. The predicted molar refractivity (Wildman–Crippen MR) is 74.5 cm³/mol. The summed E-state index contributed by atoms with van der Waals surface area (Å²) in [5.41, 5.74) is 1.63. The average molecular weight is 283 g/mol. The SMILES string of the molecule is COc1ccc(Cl)cc1-c1cc(CS)c(=O)[nH]n1. The van der Waals surface area contributed by atoms with Crippen LogP contribution in [0, 0.1) is 0 Å². The molecule has 4 nitrogen and oxygen atoms in total. The zero-order valence-electron chi connectivity index (χ0n) is 9.61. The predicted octanol–water partition coefficient (Wildman–Crippen LogP) is 2.53. The summed E-state index contributed by atoms with van der Waals surface area (Å²) in [7, 11) is 1.57. The van der Waals surface area contributed by atoms with Crippen molar-refractivity contribution in [3.63, 3.8) is 0 Å². The third-order valence-electron chi connectivity index (χ3n) is 2.49. The van der Waals surface area contributed by atoms with Crippen LogP contribution in [0.2, 0.25) is 5.02 Å². The molecule has 0 spiro atoms. The lowest BCUT2D eigenvalue weighted by Gasteiger charge is -2.08. The van der Waals surface area contributed by atoms with Crippen LogP contribution in [0.3, 0.4) is 0 Å². The number of halogens is 1. The Morgan fingerprint density at radius 3 is 2.89 bits per heavy atom. The number of methoxy groups -OCH3 is 1. The van der Waals surface area contributed by atoms with Gasteiger partial charge in [-0.1, -0.05) is 11.6 Å². The highest BCUT2D eigenvalue weighted by molar-refractivity contribution is 7.79. The Kier molecular flexibility index (Phi) is 3.93. The van der Waals surface area contributed by atoms with Gasteiger partial charge >= 0.3 is 0 Å². The molecule has 1 aromatic carbocycles. The first kappa shape index (κ1) is 13.0. The molecule has 2 aromatic rings. The molecule has 0 radical (unpaired) electrons. The normalized spacial score (nSPS) is 10.4. The topological polar surface area (TPSA) is 55.0 Å². The van der Waals surface area contributed by atoms with Crippen LogP contribution >= 0.6 is 24.2 Å². The summed E-state index contributed by atoms with van der Waals surface area (Å²) in [5.74, 6) is 0.984. The number of nitrogens with zero attached hydrogens (tertiary/aromatic N) is 1. The molecular formula is C12H11ClN2O2S. The van der Waals surface area contributed by atoms with Crippen molar-refractivity contribution in [1.29, 1.82) is 0 Å². The Morgan fingerprint density at radius 2 is 2.22 bits per heavy atom. The quantitative estimate of drug-likeness (QED) is 0.851. The van der Waals surface area contributed by atoms with Crippen molar-refractivity contribution in [2.45, 2.75) is 5.75 Å². The number of aromatic nitrogens is 2. The van der Waals surface area contributed by atoms with E-state index < -0.39 is 0 Å². The van der Waals surface area contributed by atoms with E-state index in [-0.39, 0.29) is 5.56 Å². The van der Waals surface area contributed by atoms with Crippen LogP contribution < -0.4 is 10.3 Å². The minimum absolute atomic E-state index is 0.241. The van der Waals surface area contributed by atoms with Crippen LogP contribution in [0.1, 0.15) is 5.56 Å². The van der Waals surface area contributed by atoms with Gasteiger partial charge in [-0.05, 0) is 24.3 Å². The Morgan fingerprint density at radius 1 is 1.44 bits per heavy atom. The Labute approximate surface area is 114 Å². The number of rotatable bonds is 3. The molecule has 1 aromatic heterocycles. The number of hydrogen-bond acceptors (Lipinski definition) is 4. The van der Waals surface area contributed by atoms with Gasteiger partial charge in [0.25, 0.3) is 5.56 Å². The van der Waals surface area contributed by atoms with Crippen molar-refractivity contribution < 1.29 is 4.74 Å². The van der Waals surface area contributed by atoms with E-state index in [0.29, 0.717) is 27.8 Å². The number of nitrogens with one attached hydrogen (secondary N) is 1. The molecule has 0 fully saturated rings. The summed E-state index contributed by atoms with van der Waals surface area (Å²) in [6.07, 6.45) is 0. The highest BCUT2D eigenvalue weighted by Gasteiger charge is 2.10. The van der Waals surface area contributed by atoms with Gasteiger partial charge in [0.15, 0.2) is 0 Å². The van der Waals surface area contributed by atoms with E-state index in [0.717, 1.165) is 5.56 Å². The summed E-state index contributed by atoms with van der Waals surface area (Å²) in [4.78, 5) is 11.4. The largest absolute Gasteiger partial charge is 0.496 e. The molecule has 0 unspecified atom stereocenters. The average Bonchev–Trinajstić information content (AvgIpc) is 2.39. The number of H-pyrrole nitrogens is 1. The summed E-state index contributed by atoms with van der Waals surface area (Å²) >= 11 is 10.1. The van der Waals surface area contributed by atoms with Gasteiger partial charge in [-0.25, -0.2) is 5.10 Å². The first-order valence-electron chi connectivity index (χ1n) is 5.19. The molecule has 0 saturated heterocycles.